The molecule has 0 radical (unpaired) electrons. The second kappa shape index (κ2) is 6.25. The maximum Gasteiger partial charge on any atom is 0.323 e. The molecule has 0 spiro atoms. The number of hydrogen-bond donors (Lipinski definition) is 3. The van der Waals surface area contributed by atoms with E-state index in [0.717, 1.165) is 5.56 Å². The molecule has 2 rings (SSSR count). The Morgan fingerprint density at radius 2 is 1.80 bits per heavy atom. The SMILES string of the molecule is N#CCc1ccc(NC(=O)Nc2cccc(N)c2)cc1. The smallest absolute Gasteiger partial charge is 0.323 e. The maximum absolute atomic E-state index is 11.8. The van der Waals surface area contributed by atoms with E-state index in [1.807, 2.05) is 0 Å². The Morgan fingerprint density at radius 3 is 2.45 bits per heavy atom. The Kier molecular flexibility index (Phi) is 4.20. The number of nitrogens with one attached hydrogen (secondary N) is 2. The highest BCUT2D eigenvalue weighted by atomic mass is 16.2. The standard InChI is InChI=1S/C15H14N4O/c16-9-8-11-4-6-13(7-5-11)18-15(20)19-14-3-1-2-12(17)10-14/h1-7,10H,8,17H2,(H2,18,19,20). The number of rotatable bonds is 3. The minimum Gasteiger partial charge on any atom is -0.399 e. The lowest BCUT2D eigenvalue weighted by Crippen LogP contribution is -2.19. The molecule has 2 aromatic carbocycles. The van der Waals surface area contributed by atoms with Crippen LogP contribution in [0.25, 0.3) is 0 Å². The number of hydrogen-bond acceptors (Lipinski definition) is 3. The van der Waals surface area contributed by atoms with Crippen LogP contribution in [0.3, 0.4) is 0 Å². The molecule has 100 valence electrons. The molecule has 0 heterocycles. The van der Waals surface area contributed by atoms with Crippen LogP contribution in [0, 0.1) is 11.3 Å². The summed E-state index contributed by atoms with van der Waals surface area (Å²) < 4.78 is 0. The van der Waals surface area contributed by atoms with Gasteiger partial charge in [-0.1, -0.05) is 18.2 Å². The van der Waals surface area contributed by atoms with Gasteiger partial charge in [0.15, 0.2) is 0 Å². The van der Waals surface area contributed by atoms with Gasteiger partial charge in [-0.05, 0) is 35.9 Å². The molecule has 4 N–H and O–H groups in total. The summed E-state index contributed by atoms with van der Waals surface area (Å²) in [6.45, 7) is 0. The molecule has 2 amide bonds. The summed E-state index contributed by atoms with van der Waals surface area (Å²) in [4.78, 5) is 11.8. The Hall–Kier alpha value is -3.00. The zero-order valence-electron chi connectivity index (χ0n) is 10.8. The number of carbonyl (C=O) groups excluding carboxylic acids is 1. The van der Waals surface area contributed by atoms with Gasteiger partial charge in [-0.15, -0.1) is 0 Å². The molecule has 0 unspecified atom stereocenters. The molecule has 2 aromatic rings. The van der Waals surface area contributed by atoms with Crippen LogP contribution >= 0.6 is 0 Å². The van der Waals surface area contributed by atoms with E-state index in [0.29, 0.717) is 23.5 Å². The van der Waals surface area contributed by atoms with Crippen LogP contribution < -0.4 is 16.4 Å². The van der Waals surface area contributed by atoms with Crippen molar-refractivity contribution < 1.29 is 4.79 Å². The van der Waals surface area contributed by atoms with Gasteiger partial charge in [-0.2, -0.15) is 5.26 Å². The molecule has 5 heteroatoms. The van der Waals surface area contributed by atoms with E-state index in [9.17, 15) is 4.79 Å². The van der Waals surface area contributed by atoms with E-state index in [1.165, 1.54) is 0 Å². The Morgan fingerprint density at radius 1 is 1.10 bits per heavy atom. The number of urea groups is 1. The van der Waals surface area contributed by atoms with Crippen molar-refractivity contribution in [3.05, 3.63) is 54.1 Å². The van der Waals surface area contributed by atoms with Gasteiger partial charge < -0.3 is 16.4 Å². The summed E-state index contributed by atoms with van der Waals surface area (Å²) in [5, 5.41) is 14.0. The van der Waals surface area contributed by atoms with Gasteiger partial charge in [0, 0.05) is 17.1 Å². The molecule has 20 heavy (non-hydrogen) atoms. The first-order valence-electron chi connectivity index (χ1n) is 6.07. The molecule has 0 saturated heterocycles. The first kappa shape index (κ1) is 13.4. The van der Waals surface area contributed by atoms with Gasteiger partial charge in [0.2, 0.25) is 0 Å². The van der Waals surface area contributed by atoms with Crippen LogP contribution in [0.15, 0.2) is 48.5 Å². The monoisotopic (exact) mass is 266 g/mol. The van der Waals surface area contributed by atoms with Gasteiger partial charge in [0.1, 0.15) is 0 Å². The van der Waals surface area contributed by atoms with E-state index in [1.54, 1.807) is 48.5 Å². The average Bonchev–Trinajstić information content (AvgIpc) is 2.41. The van der Waals surface area contributed by atoms with Gasteiger partial charge in [0.25, 0.3) is 0 Å². The highest BCUT2D eigenvalue weighted by Crippen LogP contribution is 2.13. The third-order valence-electron chi connectivity index (χ3n) is 2.64. The second-order valence-electron chi connectivity index (χ2n) is 4.24. The van der Waals surface area contributed by atoms with Crippen molar-refractivity contribution in [1.29, 1.82) is 5.26 Å². The Balaban J connectivity index is 1.96. The number of carbonyl (C=O) groups is 1. The number of nitrogen functional groups attached to an aromatic ring is 1. The molecule has 0 bridgehead atoms. The van der Waals surface area contributed by atoms with Crippen LogP contribution in [0.2, 0.25) is 0 Å². The van der Waals surface area contributed by atoms with Gasteiger partial charge in [0.05, 0.1) is 12.5 Å². The van der Waals surface area contributed by atoms with Gasteiger partial charge in [-0.3, -0.25) is 0 Å². The molecule has 0 saturated carbocycles. The molecule has 0 fully saturated rings. The number of nitriles is 1. The largest absolute Gasteiger partial charge is 0.399 e. The first-order chi connectivity index (χ1) is 9.67. The molecule has 5 nitrogen and oxygen atoms in total. The third kappa shape index (κ3) is 3.75. The summed E-state index contributed by atoms with van der Waals surface area (Å²) in [7, 11) is 0. The van der Waals surface area contributed by atoms with Crippen LogP contribution in [0.4, 0.5) is 21.9 Å². The van der Waals surface area contributed by atoms with Crippen LogP contribution in [-0.2, 0) is 6.42 Å². The summed E-state index contributed by atoms with van der Waals surface area (Å²) in [5.41, 5.74) is 8.42. The minimum atomic E-state index is -0.344. The first-order valence-corrected chi connectivity index (χ1v) is 6.07. The van der Waals surface area contributed by atoms with Crippen LogP contribution in [0.5, 0.6) is 0 Å². The predicted octanol–water partition coefficient (Wildman–Crippen LogP) is 2.98. The van der Waals surface area contributed by atoms with Gasteiger partial charge >= 0.3 is 6.03 Å². The van der Waals surface area contributed by atoms with Crippen molar-refractivity contribution in [2.45, 2.75) is 6.42 Å². The zero-order chi connectivity index (χ0) is 14.4. The predicted molar refractivity (Wildman–Crippen MR) is 79.3 cm³/mol. The highest BCUT2D eigenvalue weighted by molar-refractivity contribution is 5.99. The fraction of sp³-hybridized carbons (Fsp3) is 0.0667. The van der Waals surface area contributed by atoms with Crippen molar-refractivity contribution in [3.8, 4) is 6.07 Å². The highest BCUT2D eigenvalue weighted by Gasteiger charge is 2.03. The normalized spacial score (nSPS) is 9.55. The number of nitrogens with two attached hydrogens (primary N) is 1. The molecular weight excluding hydrogens is 252 g/mol. The summed E-state index contributed by atoms with van der Waals surface area (Å²) >= 11 is 0. The summed E-state index contributed by atoms with van der Waals surface area (Å²) in [6.07, 6.45) is 0.357. The number of benzene rings is 2. The lowest BCUT2D eigenvalue weighted by molar-refractivity contribution is 0.262. The van der Waals surface area contributed by atoms with Crippen molar-refractivity contribution >= 4 is 23.1 Å². The molecular formula is C15H14N4O. The summed E-state index contributed by atoms with van der Waals surface area (Å²) in [5.74, 6) is 0. The van der Waals surface area contributed by atoms with Crippen molar-refractivity contribution in [2.24, 2.45) is 0 Å². The molecule has 0 aliphatic carbocycles. The number of nitrogens with zero attached hydrogens (tertiary/aromatic N) is 1. The van der Waals surface area contributed by atoms with Crippen LogP contribution in [0.1, 0.15) is 5.56 Å². The van der Waals surface area contributed by atoms with E-state index in [4.69, 9.17) is 11.0 Å². The fourth-order valence-electron chi connectivity index (χ4n) is 1.71. The number of amides is 2. The molecule has 0 aliphatic rings. The average molecular weight is 266 g/mol. The summed E-state index contributed by atoms with van der Waals surface area (Å²) in [6, 6.07) is 15.8. The van der Waals surface area contributed by atoms with E-state index < -0.39 is 0 Å². The van der Waals surface area contributed by atoms with Gasteiger partial charge in [-0.25, -0.2) is 4.79 Å². The molecule has 0 atom stereocenters. The van der Waals surface area contributed by atoms with Crippen molar-refractivity contribution in [2.75, 3.05) is 16.4 Å². The van der Waals surface area contributed by atoms with Crippen LogP contribution in [-0.4, -0.2) is 6.03 Å². The van der Waals surface area contributed by atoms with E-state index >= 15 is 0 Å². The van der Waals surface area contributed by atoms with E-state index in [2.05, 4.69) is 16.7 Å². The topological polar surface area (TPSA) is 90.9 Å². The molecule has 0 aromatic heterocycles. The van der Waals surface area contributed by atoms with Crippen molar-refractivity contribution in [1.82, 2.24) is 0 Å². The third-order valence-corrected chi connectivity index (χ3v) is 2.64. The fourth-order valence-corrected chi connectivity index (χ4v) is 1.71. The lowest BCUT2D eigenvalue weighted by Gasteiger charge is -2.08. The van der Waals surface area contributed by atoms with Crippen molar-refractivity contribution in [3.63, 3.8) is 0 Å². The quantitative estimate of drug-likeness (QED) is 0.746. The van der Waals surface area contributed by atoms with E-state index in [-0.39, 0.29) is 6.03 Å². The minimum absolute atomic E-state index is 0.344. The zero-order valence-corrected chi connectivity index (χ0v) is 10.8. The second-order valence-corrected chi connectivity index (χ2v) is 4.24. The maximum atomic E-state index is 11.8. The Bertz CT molecular complexity index is 644. The Labute approximate surface area is 117 Å². The lowest BCUT2D eigenvalue weighted by atomic mass is 10.1. The number of anilines is 3. The molecule has 0 aliphatic heterocycles.